The Morgan fingerprint density at radius 1 is 1.16 bits per heavy atom. The van der Waals surface area contributed by atoms with Crippen LogP contribution in [0.3, 0.4) is 0 Å². The van der Waals surface area contributed by atoms with E-state index in [4.69, 9.17) is 13.7 Å². The summed E-state index contributed by atoms with van der Waals surface area (Å²) in [5.74, 6) is 0.887. The van der Waals surface area contributed by atoms with Crippen molar-refractivity contribution in [2.45, 2.75) is 26.8 Å². The van der Waals surface area contributed by atoms with Crippen LogP contribution in [0, 0.1) is 13.8 Å². The molecule has 0 spiro atoms. The summed E-state index contributed by atoms with van der Waals surface area (Å²) in [6, 6.07) is 7.33. The fraction of sp³-hybridized carbons (Fsp3) is 0.217. The second-order valence-electron chi connectivity index (χ2n) is 7.43. The molecule has 4 aromatic heterocycles. The molecule has 5 aromatic rings. The van der Waals surface area contributed by atoms with Gasteiger partial charge < -0.3 is 13.7 Å². The molecule has 1 atom stereocenters. The molecule has 0 N–H and O–H groups in total. The Hall–Kier alpha value is -3.94. The molecule has 0 saturated heterocycles. The van der Waals surface area contributed by atoms with E-state index >= 15 is 0 Å². The number of fused-ring (bicyclic) bond motifs is 3. The number of hydrogen-bond donors (Lipinski definition) is 0. The zero-order valence-electron chi connectivity index (χ0n) is 17.5. The second kappa shape index (κ2) is 7.09. The molecule has 0 unspecified atom stereocenters. The van der Waals surface area contributed by atoms with Crippen LogP contribution in [0.25, 0.3) is 33.1 Å². The largest absolute Gasteiger partial charge is 0.496 e. The number of methoxy groups -OCH3 is 1. The van der Waals surface area contributed by atoms with Crippen molar-refractivity contribution in [2.75, 3.05) is 7.11 Å². The SMILES string of the molecule is COc1cc2c(cc1-c1c(C)noc1C)ncc1oc(=O)n([C@H](C)c3ccncc3)c12. The third-order valence-electron chi connectivity index (χ3n) is 5.64. The van der Waals surface area contributed by atoms with E-state index in [1.807, 2.05) is 45.0 Å². The number of rotatable bonds is 4. The molecular formula is C23H20N4O4. The summed E-state index contributed by atoms with van der Waals surface area (Å²) in [6.07, 6.45) is 4.99. The lowest BCUT2D eigenvalue weighted by molar-refractivity contribution is 0.393. The third kappa shape index (κ3) is 2.91. The molecule has 0 aliphatic rings. The highest BCUT2D eigenvalue weighted by Gasteiger charge is 2.22. The van der Waals surface area contributed by atoms with Crippen molar-refractivity contribution in [2.24, 2.45) is 0 Å². The van der Waals surface area contributed by atoms with Gasteiger partial charge in [-0.05, 0) is 50.6 Å². The molecule has 0 radical (unpaired) electrons. The topological polar surface area (TPSA) is 96.2 Å². The number of aromatic nitrogens is 4. The standard InChI is InChI=1S/C23H20N4O4/c1-12-21(14(3)31-26-12)17-9-18-16(10-19(17)29-4)22-20(11-25-18)30-23(28)27(22)13(2)15-5-7-24-8-6-15/h5-11,13H,1-4H3/t13-/m1/s1. The van der Waals surface area contributed by atoms with Crippen molar-refractivity contribution < 1.29 is 13.7 Å². The van der Waals surface area contributed by atoms with Gasteiger partial charge in [0.05, 0.1) is 36.1 Å². The van der Waals surface area contributed by atoms with Gasteiger partial charge in [-0.2, -0.15) is 0 Å². The summed E-state index contributed by atoms with van der Waals surface area (Å²) in [6.45, 7) is 5.70. The summed E-state index contributed by atoms with van der Waals surface area (Å²) in [5.41, 5.74) is 5.22. The van der Waals surface area contributed by atoms with Gasteiger partial charge in [0, 0.05) is 23.3 Å². The van der Waals surface area contributed by atoms with Gasteiger partial charge in [0.15, 0.2) is 5.58 Å². The average Bonchev–Trinajstić information content (AvgIpc) is 3.30. The molecule has 4 heterocycles. The van der Waals surface area contributed by atoms with Crippen LogP contribution in [-0.4, -0.2) is 26.8 Å². The van der Waals surface area contributed by atoms with Crippen LogP contribution < -0.4 is 10.5 Å². The molecule has 0 aliphatic heterocycles. The smallest absolute Gasteiger partial charge is 0.420 e. The Kier molecular flexibility index (Phi) is 4.35. The molecule has 156 valence electrons. The molecule has 0 bridgehead atoms. The van der Waals surface area contributed by atoms with Crippen LogP contribution in [0.2, 0.25) is 0 Å². The van der Waals surface area contributed by atoms with E-state index in [0.717, 1.165) is 27.8 Å². The number of hydrogen-bond acceptors (Lipinski definition) is 7. The predicted octanol–water partition coefficient (Wildman–Crippen LogP) is 4.43. The van der Waals surface area contributed by atoms with E-state index in [0.29, 0.717) is 28.1 Å². The Labute approximate surface area is 177 Å². The van der Waals surface area contributed by atoms with Crippen molar-refractivity contribution in [3.63, 3.8) is 0 Å². The number of benzene rings is 1. The Morgan fingerprint density at radius 3 is 2.61 bits per heavy atom. The minimum absolute atomic E-state index is 0.254. The maximum Gasteiger partial charge on any atom is 0.420 e. The van der Waals surface area contributed by atoms with E-state index < -0.39 is 5.76 Å². The highest BCUT2D eigenvalue weighted by Crippen LogP contribution is 2.39. The molecule has 0 amide bonds. The number of pyridine rings is 2. The van der Waals surface area contributed by atoms with Crippen molar-refractivity contribution in [3.8, 4) is 16.9 Å². The van der Waals surface area contributed by atoms with Gasteiger partial charge in [-0.3, -0.25) is 14.5 Å². The van der Waals surface area contributed by atoms with Gasteiger partial charge in [-0.1, -0.05) is 5.16 Å². The summed E-state index contributed by atoms with van der Waals surface area (Å²) in [7, 11) is 1.61. The van der Waals surface area contributed by atoms with Gasteiger partial charge in [0.25, 0.3) is 0 Å². The fourth-order valence-corrected chi connectivity index (χ4v) is 4.12. The third-order valence-corrected chi connectivity index (χ3v) is 5.64. The van der Waals surface area contributed by atoms with Crippen molar-refractivity contribution in [1.82, 2.24) is 19.7 Å². The number of nitrogens with zero attached hydrogens (tertiary/aromatic N) is 4. The zero-order valence-corrected chi connectivity index (χ0v) is 17.5. The summed E-state index contributed by atoms with van der Waals surface area (Å²) in [5, 5.41) is 4.82. The van der Waals surface area contributed by atoms with E-state index in [1.165, 1.54) is 0 Å². The monoisotopic (exact) mass is 416 g/mol. The van der Waals surface area contributed by atoms with Crippen LogP contribution in [0.1, 0.15) is 30.0 Å². The Morgan fingerprint density at radius 2 is 1.94 bits per heavy atom. The van der Waals surface area contributed by atoms with E-state index in [2.05, 4.69) is 15.1 Å². The van der Waals surface area contributed by atoms with Gasteiger partial charge in [0.1, 0.15) is 17.0 Å². The maximum atomic E-state index is 12.8. The van der Waals surface area contributed by atoms with Gasteiger partial charge in [-0.15, -0.1) is 0 Å². The van der Waals surface area contributed by atoms with Crippen LogP contribution in [0.4, 0.5) is 0 Å². The van der Waals surface area contributed by atoms with Gasteiger partial charge in [0.2, 0.25) is 0 Å². The molecule has 8 nitrogen and oxygen atoms in total. The molecule has 0 saturated carbocycles. The van der Waals surface area contributed by atoms with Crippen molar-refractivity contribution in [1.29, 1.82) is 0 Å². The summed E-state index contributed by atoms with van der Waals surface area (Å²) >= 11 is 0. The minimum Gasteiger partial charge on any atom is -0.496 e. The highest BCUT2D eigenvalue weighted by molar-refractivity contribution is 6.04. The predicted molar refractivity (Wildman–Crippen MR) is 115 cm³/mol. The Bertz CT molecular complexity index is 1460. The minimum atomic E-state index is -0.442. The molecule has 0 aliphatic carbocycles. The van der Waals surface area contributed by atoms with Crippen LogP contribution in [0.5, 0.6) is 5.75 Å². The zero-order chi connectivity index (χ0) is 21.7. The molecular weight excluding hydrogens is 396 g/mol. The van der Waals surface area contributed by atoms with Crippen molar-refractivity contribution in [3.05, 3.63) is 70.4 Å². The molecule has 8 heteroatoms. The molecule has 1 aromatic carbocycles. The number of aryl methyl sites for hydroxylation is 2. The van der Waals surface area contributed by atoms with Crippen LogP contribution in [0.15, 0.2) is 56.6 Å². The lowest BCUT2D eigenvalue weighted by Crippen LogP contribution is -2.19. The second-order valence-corrected chi connectivity index (χ2v) is 7.43. The lowest BCUT2D eigenvalue weighted by Gasteiger charge is -2.15. The first-order chi connectivity index (χ1) is 15.0. The summed E-state index contributed by atoms with van der Waals surface area (Å²) in [4.78, 5) is 21.4. The van der Waals surface area contributed by atoms with Crippen LogP contribution >= 0.6 is 0 Å². The number of ether oxygens (including phenoxy) is 1. The Balaban J connectivity index is 1.82. The average molecular weight is 416 g/mol. The lowest BCUT2D eigenvalue weighted by atomic mass is 10.00. The molecule has 0 fully saturated rings. The summed E-state index contributed by atoms with van der Waals surface area (Å²) < 4.78 is 18.2. The van der Waals surface area contributed by atoms with Gasteiger partial charge in [-0.25, -0.2) is 4.79 Å². The molecule has 31 heavy (non-hydrogen) atoms. The number of oxazole rings is 1. The quantitative estimate of drug-likeness (QED) is 0.428. The first-order valence-electron chi connectivity index (χ1n) is 9.84. The molecule has 5 rings (SSSR count). The fourth-order valence-electron chi connectivity index (χ4n) is 4.12. The van der Waals surface area contributed by atoms with Crippen LogP contribution in [-0.2, 0) is 0 Å². The highest BCUT2D eigenvalue weighted by atomic mass is 16.5. The normalized spacial score (nSPS) is 12.5. The van der Waals surface area contributed by atoms with Crippen molar-refractivity contribution >= 4 is 22.0 Å². The van der Waals surface area contributed by atoms with E-state index in [1.54, 1.807) is 30.3 Å². The van der Waals surface area contributed by atoms with E-state index in [-0.39, 0.29) is 6.04 Å². The van der Waals surface area contributed by atoms with E-state index in [9.17, 15) is 4.79 Å². The first kappa shape index (κ1) is 19.0. The maximum absolute atomic E-state index is 12.8. The van der Waals surface area contributed by atoms with Gasteiger partial charge >= 0.3 is 5.76 Å². The first-order valence-corrected chi connectivity index (χ1v) is 9.84.